The van der Waals surface area contributed by atoms with Gasteiger partial charge in [-0.3, -0.25) is 4.79 Å². The maximum Gasteiger partial charge on any atom is 0.220 e. The molecule has 0 aromatic heterocycles. The molecular formula is C17H21NO3. The number of methoxy groups -OCH3 is 1. The summed E-state index contributed by atoms with van der Waals surface area (Å²) in [7, 11) is 1.61. The molecular weight excluding hydrogens is 266 g/mol. The number of fused-ring (bicyclic) bond motifs is 1. The minimum atomic E-state index is -0.694. The fourth-order valence-electron chi connectivity index (χ4n) is 2.21. The molecule has 2 aromatic rings. The third kappa shape index (κ3) is 4.55. The Kier molecular flexibility index (Phi) is 5.72. The summed E-state index contributed by atoms with van der Waals surface area (Å²) in [6.07, 6.45) is 0.410. The van der Waals surface area contributed by atoms with Crippen molar-refractivity contribution in [3.8, 4) is 0 Å². The van der Waals surface area contributed by atoms with Crippen LogP contribution in [-0.2, 0) is 9.53 Å². The summed E-state index contributed by atoms with van der Waals surface area (Å²) in [5.41, 5.74) is 0.811. The Labute approximate surface area is 124 Å². The number of carbonyl (C=O) groups is 1. The van der Waals surface area contributed by atoms with Crippen molar-refractivity contribution in [3.05, 3.63) is 48.0 Å². The predicted octanol–water partition coefficient (Wildman–Crippen LogP) is 2.42. The highest BCUT2D eigenvalue weighted by Crippen LogP contribution is 2.20. The van der Waals surface area contributed by atoms with Gasteiger partial charge in [0.2, 0.25) is 5.91 Å². The molecule has 0 radical (unpaired) electrons. The Bertz CT molecular complexity index is 597. The fourth-order valence-corrected chi connectivity index (χ4v) is 2.21. The van der Waals surface area contributed by atoms with Gasteiger partial charge in [-0.2, -0.15) is 0 Å². The Balaban J connectivity index is 1.89. The molecule has 1 atom stereocenters. The number of ether oxygens (including phenoxy) is 1. The Hall–Kier alpha value is -1.91. The first-order chi connectivity index (χ1) is 10.2. The van der Waals surface area contributed by atoms with Crippen LogP contribution in [0, 0.1) is 0 Å². The first kappa shape index (κ1) is 15.5. The van der Waals surface area contributed by atoms with E-state index in [0.717, 1.165) is 16.3 Å². The molecule has 0 aliphatic carbocycles. The van der Waals surface area contributed by atoms with Gasteiger partial charge in [0, 0.05) is 26.7 Å². The van der Waals surface area contributed by atoms with Gasteiger partial charge in [-0.1, -0.05) is 36.4 Å². The van der Waals surface area contributed by atoms with Gasteiger partial charge < -0.3 is 15.2 Å². The van der Waals surface area contributed by atoms with Gasteiger partial charge in [0.05, 0.1) is 6.10 Å². The van der Waals surface area contributed by atoms with Gasteiger partial charge in [-0.25, -0.2) is 0 Å². The van der Waals surface area contributed by atoms with E-state index in [-0.39, 0.29) is 12.5 Å². The van der Waals surface area contributed by atoms with Crippen molar-refractivity contribution in [1.82, 2.24) is 5.32 Å². The van der Waals surface area contributed by atoms with Crippen LogP contribution < -0.4 is 5.32 Å². The Morgan fingerprint density at radius 2 is 2.00 bits per heavy atom. The van der Waals surface area contributed by atoms with Crippen LogP contribution in [0.25, 0.3) is 10.8 Å². The van der Waals surface area contributed by atoms with Gasteiger partial charge >= 0.3 is 0 Å². The van der Waals surface area contributed by atoms with Gasteiger partial charge in [-0.05, 0) is 28.8 Å². The highest BCUT2D eigenvalue weighted by Gasteiger charge is 2.10. The maximum absolute atomic E-state index is 11.6. The van der Waals surface area contributed by atoms with Crippen molar-refractivity contribution in [2.45, 2.75) is 18.9 Å². The SMILES string of the molecule is COCCCC(=O)NCC(O)c1ccc2ccccc2c1. The Morgan fingerprint density at radius 1 is 1.24 bits per heavy atom. The van der Waals surface area contributed by atoms with Crippen LogP contribution in [0.1, 0.15) is 24.5 Å². The summed E-state index contributed by atoms with van der Waals surface area (Å²) >= 11 is 0. The summed E-state index contributed by atoms with van der Waals surface area (Å²) in [5.74, 6) is -0.0631. The van der Waals surface area contributed by atoms with E-state index in [1.807, 2.05) is 42.5 Å². The summed E-state index contributed by atoms with van der Waals surface area (Å²) in [4.78, 5) is 11.6. The van der Waals surface area contributed by atoms with Crippen molar-refractivity contribution in [2.75, 3.05) is 20.3 Å². The van der Waals surface area contributed by atoms with E-state index in [0.29, 0.717) is 19.4 Å². The second-order valence-corrected chi connectivity index (χ2v) is 5.02. The van der Waals surface area contributed by atoms with E-state index in [1.54, 1.807) is 7.11 Å². The lowest BCUT2D eigenvalue weighted by molar-refractivity contribution is -0.121. The normalized spacial score (nSPS) is 12.3. The molecule has 0 aliphatic heterocycles. The molecule has 0 saturated carbocycles. The van der Waals surface area contributed by atoms with Gasteiger partial charge in [0.15, 0.2) is 0 Å². The number of hydrogen-bond acceptors (Lipinski definition) is 3. The minimum absolute atomic E-state index is 0.0631. The second kappa shape index (κ2) is 7.76. The molecule has 0 heterocycles. The Morgan fingerprint density at radius 3 is 2.76 bits per heavy atom. The molecule has 21 heavy (non-hydrogen) atoms. The molecule has 0 aliphatic rings. The average molecular weight is 287 g/mol. The number of amides is 1. The number of rotatable bonds is 7. The third-order valence-electron chi connectivity index (χ3n) is 3.40. The van der Waals surface area contributed by atoms with Crippen molar-refractivity contribution in [1.29, 1.82) is 0 Å². The van der Waals surface area contributed by atoms with Crippen molar-refractivity contribution in [2.24, 2.45) is 0 Å². The molecule has 1 unspecified atom stereocenters. The fraction of sp³-hybridized carbons (Fsp3) is 0.353. The van der Waals surface area contributed by atoms with Gasteiger partial charge in [-0.15, -0.1) is 0 Å². The number of nitrogens with one attached hydrogen (secondary N) is 1. The lowest BCUT2D eigenvalue weighted by Crippen LogP contribution is -2.28. The number of hydrogen-bond donors (Lipinski definition) is 2. The van der Waals surface area contributed by atoms with Crippen LogP contribution in [0.4, 0.5) is 0 Å². The molecule has 0 spiro atoms. The lowest BCUT2D eigenvalue weighted by atomic mass is 10.0. The van der Waals surface area contributed by atoms with Gasteiger partial charge in [0.25, 0.3) is 0 Å². The summed E-state index contributed by atoms with van der Waals surface area (Å²) in [5, 5.41) is 15.1. The first-order valence-electron chi connectivity index (χ1n) is 7.13. The monoisotopic (exact) mass is 287 g/mol. The lowest BCUT2D eigenvalue weighted by Gasteiger charge is -2.13. The van der Waals surface area contributed by atoms with E-state index in [4.69, 9.17) is 4.74 Å². The first-order valence-corrected chi connectivity index (χ1v) is 7.13. The number of aliphatic hydroxyl groups is 1. The number of aliphatic hydroxyl groups excluding tert-OH is 1. The zero-order valence-electron chi connectivity index (χ0n) is 12.2. The van der Waals surface area contributed by atoms with E-state index in [9.17, 15) is 9.90 Å². The molecule has 4 nitrogen and oxygen atoms in total. The zero-order chi connectivity index (χ0) is 15.1. The topological polar surface area (TPSA) is 58.6 Å². The summed E-state index contributed by atoms with van der Waals surface area (Å²) < 4.78 is 4.90. The van der Waals surface area contributed by atoms with Crippen LogP contribution >= 0.6 is 0 Å². The standard InChI is InChI=1S/C17H21NO3/c1-21-10-4-7-17(20)18-12-16(19)15-9-8-13-5-2-3-6-14(13)11-15/h2-3,5-6,8-9,11,16,19H,4,7,10,12H2,1H3,(H,18,20). The van der Waals surface area contributed by atoms with Crippen LogP contribution in [-0.4, -0.2) is 31.3 Å². The largest absolute Gasteiger partial charge is 0.387 e. The minimum Gasteiger partial charge on any atom is -0.387 e. The second-order valence-electron chi connectivity index (χ2n) is 5.02. The quantitative estimate of drug-likeness (QED) is 0.769. The van der Waals surface area contributed by atoms with E-state index in [1.165, 1.54) is 0 Å². The van der Waals surface area contributed by atoms with Crippen molar-refractivity contribution < 1.29 is 14.6 Å². The predicted molar refractivity (Wildman–Crippen MR) is 83.0 cm³/mol. The molecule has 0 bridgehead atoms. The zero-order valence-corrected chi connectivity index (χ0v) is 12.2. The molecule has 0 saturated heterocycles. The van der Waals surface area contributed by atoms with Crippen LogP contribution in [0.3, 0.4) is 0 Å². The maximum atomic E-state index is 11.6. The van der Waals surface area contributed by atoms with Crippen LogP contribution in [0.5, 0.6) is 0 Å². The van der Waals surface area contributed by atoms with Crippen LogP contribution in [0.15, 0.2) is 42.5 Å². The summed E-state index contributed by atoms with van der Waals surface area (Å²) in [6, 6.07) is 13.8. The van der Waals surface area contributed by atoms with Crippen molar-refractivity contribution in [3.63, 3.8) is 0 Å². The van der Waals surface area contributed by atoms with Crippen LogP contribution in [0.2, 0.25) is 0 Å². The highest BCUT2D eigenvalue weighted by molar-refractivity contribution is 5.83. The molecule has 2 rings (SSSR count). The van der Waals surface area contributed by atoms with E-state index >= 15 is 0 Å². The molecule has 1 amide bonds. The molecule has 2 aromatic carbocycles. The summed E-state index contributed by atoms with van der Waals surface area (Å²) in [6.45, 7) is 0.796. The number of benzene rings is 2. The molecule has 2 N–H and O–H groups in total. The number of carbonyl (C=O) groups excluding carboxylic acids is 1. The highest BCUT2D eigenvalue weighted by atomic mass is 16.5. The van der Waals surface area contributed by atoms with E-state index < -0.39 is 6.10 Å². The third-order valence-corrected chi connectivity index (χ3v) is 3.40. The average Bonchev–Trinajstić information content (AvgIpc) is 2.52. The molecule has 4 heteroatoms. The van der Waals surface area contributed by atoms with E-state index in [2.05, 4.69) is 5.32 Å². The smallest absolute Gasteiger partial charge is 0.220 e. The molecule has 112 valence electrons. The van der Waals surface area contributed by atoms with Crippen molar-refractivity contribution >= 4 is 16.7 Å². The van der Waals surface area contributed by atoms with Gasteiger partial charge in [0.1, 0.15) is 0 Å². The molecule has 0 fully saturated rings.